The summed E-state index contributed by atoms with van der Waals surface area (Å²) in [6.07, 6.45) is 2.55. The van der Waals surface area contributed by atoms with Crippen LogP contribution in [0.3, 0.4) is 0 Å². The molecule has 1 aromatic carbocycles. The maximum Gasteiger partial charge on any atom is 0.274 e. The molecule has 4 aromatic rings. The standard InChI is InChI=1S/C27H28F2N8O3/c1-15-4-5-17(24-35-26(40-36-24)19-11-27(28,29)12-19)10-20(15)34-25(38)21-13-32-22-7-6-18(14-37(21)22)23(30)33-16(2)31-8-9-39-3/h4-7,10,13-14,19H,8-9,11-12H2,1-3H3,(H,34,38)(H2,30,31,33). The average molecular weight is 551 g/mol. The molecule has 1 aliphatic rings. The van der Waals surface area contributed by atoms with Crippen molar-refractivity contribution in [1.29, 1.82) is 0 Å². The Labute approximate surface area is 228 Å². The average Bonchev–Trinajstić information content (AvgIpc) is 3.56. The number of rotatable bonds is 8. The second-order valence-electron chi connectivity index (χ2n) is 9.61. The van der Waals surface area contributed by atoms with Crippen LogP contribution in [0.1, 0.15) is 53.2 Å². The van der Waals surface area contributed by atoms with E-state index in [2.05, 4.69) is 30.4 Å². The first-order valence-electron chi connectivity index (χ1n) is 12.6. The Balaban J connectivity index is 1.35. The monoisotopic (exact) mass is 550 g/mol. The number of hydrogen-bond acceptors (Lipinski definition) is 7. The number of amides is 1. The van der Waals surface area contributed by atoms with Gasteiger partial charge in [0.25, 0.3) is 5.91 Å². The number of hydrogen-bond donors (Lipinski definition) is 2. The maximum atomic E-state index is 13.3. The molecule has 3 aromatic heterocycles. The van der Waals surface area contributed by atoms with Crippen molar-refractivity contribution in [3.05, 3.63) is 65.4 Å². The molecule has 0 radical (unpaired) electrons. The van der Waals surface area contributed by atoms with Crippen LogP contribution in [0.15, 0.2) is 57.2 Å². The number of carbonyl (C=O) groups is 1. The fraction of sp³-hybridized carbons (Fsp3) is 0.333. The first-order valence-corrected chi connectivity index (χ1v) is 12.6. The van der Waals surface area contributed by atoms with Crippen LogP contribution in [0.25, 0.3) is 17.0 Å². The molecule has 208 valence electrons. The number of halogens is 2. The van der Waals surface area contributed by atoms with E-state index in [0.717, 1.165) is 5.56 Å². The molecule has 1 amide bonds. The highest BCUT2D eigenvalue weighted by molar-refractivity contribution is 6.06. The SMILES string of the molecule is COCCN=C(C)N=C(N)c1ccc2ncc(C(=O)Nc3cc(-c4noc(C5CC(F)(F)C5)n4)ccc3C)n2c1. The van der Waals surface area contributed by atoms with Gasteiger partial charge in [-0.25, -0.2) is 18.8 Å². The summed E-state index contributed by atoms with van der Waals surface area (Å²) in [6.45, 7) is 4.54. The lowest BCUT2D eigenvalue weighted by Gasteiger charge is -2.31. The van der Waals surface area contributed by atoms with Crippen molar-refractivity contribution in [1.82, 2.24) is 19.5 Å². The molecule has 0 atom stereocenters. The second kappa shape index (κ2) is 10.9. The lowest BCUT2D eigenvalue weighted by molar-refractivity contribution is -0.0925. The van der Waals surface area contributed by atoms with Gasteiger partial charge in [-0.1, -0.05) is 17.3 Å². The number of methoxy groups -OCH3 is 1. The zero-order valence-electron chi connectivity index (χ0n) is 22.2. The fourth-order valence-electron chi connectivity index (χ4n) is 4.31. The van der Waals surface area contributed by atoms with E-state index in [1.54, 1.807) is 55.0 Å². The number of aryl methyl sites for hydroxylation is 1. The Kier molecular flexibility index (Phi) is 7.39. The molecule has 0 unspecified atom stereocenters. The lowest BCUT2D eigenvalue weighted by Crippen LogP contribution is -2.33. The van der Waals surface area contributed by atoms with Crippen molar-refractivity contribution in [2.45, 2.75) is 38.5 Å². The maximum absolute atomic E-state index is 13.3. The predicted octanol–water partition coefficient (Wildman–Crippen LogP) is 4.23. The summed E-state index contributed by atoms with van der Waals surface area (Å²) in [4.78, 5) is 30.5. The number of nitrogens with one attached hydrogen (secondary N) is 1. The van der Waals surface area contributed by atoms with Gasteiger partial charge >= 0.3 is 0 Å². The molecule has 13 heteroatoms. The second-order valence-corrected chi connectivity index (χ2v) is 9.61. The number of fused-ring (bicyclic) bond motifs is 1. The number of pyridine rings is 1. The predicted molar refractivity (Wildman–Crippen MR) is 145 cm³/mol. The van der Waals surface area contributed by atoms with Crippen LogP contribution in [0.4, 0.5) is 14.5 Å². The van der Waals surface area contributed by atoms with Crippen LogP contribution in [-0.2, 0) is 4.74 Å². The highest BCUT2D eigenvalue weighted by Gasteiger charge is 2.48. The topological polar surface area (TPSA) is 145 Å². The van der Waals surface area contributed by atoms with E-state index in [4.69, 9.17) is 15.0 Å². The van der Waals surface area contributed by atoms with E-state index >= 15 is 0 Å². The fourth-order valence-corrected chi connectivity index (χ4v) is 4.31. The summed E-state index contributed by atoms with van der Waals surface area (Å²) < 4.78 is 38.3. The van der Waals surface area contributed by atoms with Gasteiger partial charge in [-0.05, 0) is 37.6 Å². The minimum Gasteiger partial charge on any atom is -0.383 e. The molecule has 0 aliphatic heterocycles. The van der Waals surface area contributed by atoms with Gasteiger partial charge in [0.05, 0.1) is 19.3 Å². The van der Waals surface area contributed by atoms with Crippen LogP contribution in [0.5, 0.6) is 0 Å². The molecule has 1 fully saturated rings. The number of alkyl halides is 2. The van der Waals surface area contributed by atoms with Gasteiger partial charge in [-0.3, -0.25) is 14.2 Å². The highest BCUT2D eigenvalue weighted by Crippen LogP contribution is 2.48. The van der Waals surface area contributed by atoms with Crippen molar-refractivity contribution < 1.29 is 22.8 Å². The van der Waals surface area contributed by atoms with Crippen molar-refractivity contribution in [2.75, 3.05) is 25.6 Å². The smallest absolute Gasteiger partial charge is 0.274 e. The molecule has 11 nitrogen and oxygen atoms in total. The van der Waals surface area contributed by atoms with Gasteiger partial charge in [0.15, 0.2) is 0 Å². The Morgan fingerprint density at radius 3 is 2.85 bits per heavy atom. The molecule has 0 spiro atoms. The van der Waals surface area contributed by atoms with Gasteiger partial charge in [0.2, 0.25) is 17.6 Å². The van der Waals surface area contributed by atoms with E-state index in [0.29, 0.717) is 41.4 Å². The quantitative estimate of drug-likeness (QED) is 0.190. The minimum absolute atomic E-state index is 0.188. The Morgan fingerprint density at radius 1 is 1.30 bits per heavy atom. The Bertz CT molecular complexity index is 1620. The normalized spacial score (nSPS) is 15.8. The van der Waals surface area contributed by atoms with Gasteiger partial charge in [0, 0.05) is 48.9 Å². The largest absolute Gasteiger partial charge is 0.383 e. The van der Waals surface area contributed by atoms with Gasteiger partial charge < -0.3 is 20.3 Å². The summed E-state index contributed by atoms with van der Waals surface area (Å²) in [5.74, 6) is -2.34. The zero-order valence-corrected chi connectivity index (χ0v) is 22.2. The van der Waals surface area contributed by atoms with Gasteiger partial charge in [0.1, 0.15) is 23.0 Å². The van der Waals surface area contributed by atoms with E-state index in [9.17, 15) is 13.6 Å². The highest BCUT2D eigenvalue weighted by atomic mass is 19.3. The minimum atomic E-state index is -2.69. The van der Waals surface area contributed by atoms with Crippen LogP contribution in [0, 0.1) is 6.92 Å². The number of ether oxygens (including phenoxy) is 1. The molecular weight excluding hydrogens is 522 g/mol. The van der Waals surface area contributed by atoms with Crippen molar-refractivity contribution in [3.8, 4) is 11.4 Å². The molecule has 40 heavy (non-hydrogen) atoms. The number of aromatic nitrogens is 4. The number of aliphatic imine (C=N–C) groups is 2. The first kappa shape index (κ1) is 27.1. The first-order chi connectivity index (χ1) is 19.1. The number of anilines is 1. The van der Waals surface area contributed by atoms with Gasteiger partial charge in [-0.2, -0.15) is 4.98 Å². The summed E-state index contributed by atoms with van der Waals surface area (Å²) in [5, 5.41) is 6.86. The molecule has 0 bridgehead atoms. The molecule has 1 saturated carbocycles. The molecular formula is C27H28F2N8O3. The summed E-state index contributed by atoms with van der Waals surface area (Å²) in [7, 11) is 1.60. The van der Waals surface area contributed by atoms with E-state index in [1.165, 1.54) is 6.20 Å². The zero-order chi connectivity index (χ0) is 28.4. The molecule has 0 saturated heterocycles. The number of imidazole rings is 1. The number of amidine groups is 2. The Morgan fingerprint density at radius 2 is 2.10 bits per heavy atom. The van der Waals surface area contributed by atoms with E-state index in [1.807, 2.05) is 6.92 Å². The van der Waals surface area contributed by atoms with Gasteiger partial charge in [-0.15, -0.1) is 0 Å². The third kappa shape index (κ3) is 5.73. The molecule has 1 aliphatic carbocycles. The van der Waals surface area contributed by atoms with E-state index in [-0.39, 0.29) is 36.1 Å². The van der Waals surface area contributed by atoms with Crippen LogP contribution in [0.2, 0.25) is 0 Å². The summed E-state index contributed by atoms with van der Waals surface area (Å²) in [6, 6.07) is 8.80. The third-order valence-corrected chi connectivity index (χ3v) is 6.58. The Hall–Kier alpha value is -4.52. The molecule has 3 N–H and O–H groups in total. The van der Waals surface area contributed by atoms with Crippen LogP contribution in [-0.4, -0.2) is 63.3 Å². The summed E-state index contributed by atoms with van der Waals surface area (Å²) >= 11 is 0. The number of carbonyl (C=O) groups excluding carboxylic acids is 1. The molecule has 5 rings (SSSR count). The van der Waals surface area contributed by atoms with E-state index < -0.39 is 17.7 Å². The summed E-state index contributed by atoms with van der Waals surface area (Å²) in [5.41, 5.74) is 9.53. The van der Waals surface area contributed by atoms with Crippen molar-refractivity contribution in [2.24, 2.45) is 15.7 Å². The molecule has 3 heterocycles. The van der Waals surface area contributed by atoms with Crippen LogP contribution < -0.4 is 11.1 Å². The third-order valence-electron chi connectivity index (χ3n) is 6.58. The number of nitrogens with zero attached hydrogens (tertiary/aromatic N) is 6. The number of nitrogens with two attached hydrogens (primary N) is 1. The van der Waals surface area contributed by atoms with Crippen molar-refractivity contribution >= 4 is 28.9 Å². The van der Waals surface area contributed by atoms with Crippen molar-refractivity contribution in [3.63, 3.8) is 0 Å². The lowest BCUT2D eigenvalue weighted by atomic mass is 9.81. The number of benzene rings is 1. The van der Waals surface area contributed by atoms with Crippen LogP contribution >= 0.6 is 0 Å².